The van der Waals surface area contributed by atoms with Crippen LogP contribution in [0.5, 0.6) is 0 Å². The van der Waals surface area contributed by atoms with Crippen molar-refractivity contribution < 1.29 is 13.4 Å². The molecule has 1 atom stereocenters. The molecule has 0 fully saturated rings. The van der Waals surface area contributed by atoms with Crippen LogP contribution in [0.1, 0.15) is 11.1 Å². The lowest BCUT2D eigenvalue weighted by Crippen LogP contribution is -2.27. The molecule has 0 radical (unpaired) electrons. The van der Waals surface area contributed by atoms with Gasteiger partial charge in [-0.2, -0.15) is 0 Å². The highest BCUT2D eigenvalue weighted by molar-refractivity contribution is 7.84. The van der Waals surface area contributed by atoms with Gasteiger partial charge in [-0.1, -0.05) is 24.3 Å². The molecule has 0 aliphatic heterocycles. The van der Waals surface area contributed by atoms with Gasteiger partial charge >= 0.3 is 0 Å². The fraction of sp³-hybridized carbons (Fsp3) is 0.235. The standard InChI is InChI=1S/C17H18FNO2S/c1-19(12-14-4-3-5-15(18)10-14)17(20)11-13-6-8-16(9-7-13)22(2)21/h3-10H,11-12H2,1-2H3. The highest BCUT2D eigenvalue weighted by Gasteiger charge is 2.11. The Bertz CT molecular complexity index is 685. The molecular formula is C17H18FNO2S. The molecule has 3 nitrogen and oxygen atoms in total. The minimum absolute atomic E-state index is 0.0466. The number of carbonyl (C=O) groups excluding carboxylic acids is 1. The Labute approximate surface area is 132 Å². The number of likely N-dealkylation sites (N-methyl/N-ethyl adjacent to an activating group) is 1. The summed E-state index contributed by atoms with van der Waals surface area (Å²) >= 11 is 0. The molecule has 0 N–H and O–H groups in total. The number of nitrogens with zero attached hydrogens (tertiary/aromatic N) is 1. The van der Waals surface area contributed by atoms with Crippen LogP contribution in [0.25, 0.3) is 0 Å². The fourth-order valence-corrected chi connectivity index (χ4v) is 2.63. The molecule has 1 amide bonds. The SMILES string of the molecule is CN(Cc1cccc(F)c1)C(=O)Cc1ccc(S(C)=O)cc1. The average molecular weight is 319 g/mol. The number of halogens is 1. The Kier molecular flexibility index (Phi) is 5.44. The van der Waals surface area contributed by atoms with Gasteiger partial charge in [-0.3, -0.25) is 9.00 Å². The van der Waals surface area contributed by atoms with Crippen molar-refractivity contribution >= 4 is 16.7 Å². The van der Waals surface area contributed by atoms with Gasteiger partial charge in [-0.05, 0) is 35.4 Å². The maximum atomic E-state index is 13.1. The molecule has 0 aromatic heterocycles. The first-order valence-corrected chi connectivity index (χ1v) is 8.42. The van der Waals surface area contributed by atoms with Crippen molar-refractivity contribution in [1.29, 1.82) is 0 Å². The van der Waals surface area contributed by atoms with Gasteiger partial charge in [-0.25, -0.2) is 4.39 Å². The molecular weight excluding hydrogens is 301 g/mol. The van der Waals surface area contributed by atoms with E-state index in [1.807, 2.05) is 12.1 Å². The zero-order chi connectivity index (χ0) is 16.1. The molecule has 0 aliphatic rings. The van der Waals surface area contributed by atoms with Crippen LogP contribution in [0, 0.1) is 5.82 Å². The summed E-state index contributed by atoms with van der Waals surface area (Å²) in [5.41, 5.74) is 1.62. The van der Waals surface area contributed by atoms with E-state index < -0.39 is 10.8 Å². The number of amides is 1. The monoisotopic (exact) mass is 319 g/mol. The highest BCUT2D eigenvalue weighted by Crippen LogP contribution is 2.11. The zero-order valence-electron chi connectivity index (χ0n) is 12.6. The van der Waals surface area contributed by atoms with Gasteiger partial charge in [0, 0.05) is 35.5 Å². The lowest BCUT2D eigenvalue weighted by atomic mass is 10.1. The lowest BCUT2D eigenvalue weighted by Gasteiger charge is -2.17. The second-order valence-corrected chi connectivity index (χ2v) is 6.53. The molecule has 116 valence electrons. The van der Waals surface area contributed by atoms with E-state index in [-0.39, 0.29) is 18.1 Å². The second kappa shape index (κ2) is 7.31. The predicted molar refractivity (Wildman–Crippen MR) is 85.4 cm³/mol. The van der Waals surface area contributed by atoms with Crippen molar-refractivity contribution in [3.63, 3.8) is 0 Å². The van der Waals surface area contributed by atoms with E-state index >= 15 is 0 Å². The van der Waals surface area contributed by atoms with Gasteiger partial charge in [0.05, 0.1) is 6.42 Å². The van der Waals surface area contributed by atoms with E-state index in [1.165, 1.54) is 12.1 Å². The third-order valence-electron chi connectivity index (χ3n) is 3.35. The molecule has 2 aromatic rings. The van der Waals surface area contributed by atoms with Gasteiger partial charge in [0.1, 0.15) is 5.82 Å². The summed E-state index contributed by atoms with van der Waals surface area (Å²) in [7, 11) is 0.679. The van der Waals surface area contributed by atoms with E-state index in [9.17, 15) is 13.4 Å². The Balaban J connectivity index is 1.97. The third-order valence-corrected chi connectivity index (χ3v) is 4.28. The van der Waals surface area contributed by atoms with Crippen molar-refractivity contribution in [3.05, 3.63) is 65.5 Å². The number of rotatable bonds is 5. The van der Waals surface area contributed by atoms with Crippen LogP contribution in [-0.2, 0) is 28.6 Å². The van der Waals surface area contributed by atoms with E-state index in [0.29, 0.717) is 6.54 Å². The average Bonchev–Trinajstić information content (AvgIpc) is 2.47. The van der Waals surface area contributed by atoms with Crippen LogP contribution in [0.4, 0.5) is 4.39 Å². The zero-order valence-corrected chi connectivity index (χ0v) is 13.4. The van der Waals surface area contributed by atoms with Crippen LogP contribution >= 0.6 is 0 Å². The fourth-order valence-electron chi connectivity index (χ4n) is 2.11. The number of hydrogen-bond donors (Lipinski definition) is 0. The Morgan fingerprint density at radius 2 is 1.82 bits per heavy atom. The summed E-state index contributed by atoms with van der Waals surface area (Å²) in [6.45, 7) is 0.369. The lowest BCUT2D eigenvalue weighted by molar-refractivity contribution is -0.129. The molecule has 0 bridgehead atoms. The Morgan fingerprint density at radius 3 is 2.41 bits per heavy atom. The summed E-state index contributed by atoms with van der Waals surface area (Å²) in [4.78, 5) is 14.5. The first-order valence-electron chi connectivity index (χ1n) is 6.86. The van der Waals surface area contributed by atoms with Crippen molar-refractivity contribution in [1.82, 2.24) is 4.90 Å². The molecule has 0 saturated heterocycles. The molecule has 2 rings (SSSR count). The summed E-state index contributed by atoms with van der Waals surface area (Å²) in [6.07, 6.45) is 1.88. The van der Waals surface area contributed by atoms with Gasteiger partial charge in [-0.15, -0.1) is 0 Å². The second-order valence-electron chi connectivity index (χ2n) is 5.15. The number of hydrogen-bond acceptors (Lipinski definition) is 2. The summed E-state index contributed by atoms with van der Waals surface area (Å²) < 4.78 is 24.5. The molecule has 0 spiro atoms. The molecule has 2 aromatic carbocycles. The normalized spacial score (nSPS) is 12.0. The molecule has 1 unspecified atom stereocenters. The largest absolute Gasteiger partial charge is 0.341 e. The van der Waals surface area contributed by atoms with Gasteiger partial charge in [0.25, 0.3) is 0 Å². The van der Waals surface area contributed by atoms with Gasteiger partial charge in [0.15, 0.2) is 0 Å². The van der Waals surface area contributed by atoms with Crippen molar-refractivity contribution in [3.8, 4) is 0 Å². The summed E-state index contributed by atoms with van der Waals surface area (Å²) in [6, 6.07) is 13.4. The summed E-state index contributed by atoms with van der Waals surface area (Å²) in [5, 5.41) is 0. The van der Waals surface area contributed by atoms with Crippen LogP contribution < -0.4 is 0 Å². The van der Waals surface area contributed by atoms with Crippen molar-refractivity contribution in [2.24, 2.45) is 0 Å². The maximum absolute atomic E-state index is 13.1. The minimum atomic E-state index is -1.02. The molecule has 0 saturated carbocycles. The third kappa shape index (κ3) is 4.49. The van der Waals surface area contributed by atoms with Crippen LogP contribution in [0.2, 0.25) is 0 Å². The van der Waals surface area contributed by atoms with Gasteiger partial charge in [0.2, 0.25) is 5.91 Å². The molecule has 0 aliphatic carbocycles. The number of benzene rings is 2. The minimum Gasteiger partial charge on any atom is -0.341 e. The Morgan fingerprint density at radius 1 is 1.14 bits per heavy atom. The molecule has 0 heterocycles. The summed E-state index contributed by atoms with van der Waals surface area (Å²) in [5.74, 6) is -0.351. The quantitative estimate of drug-likeness (QED) is 0.850. The topological polar surface area (TPSA) is 37.4 Å². The van der Waals surface area contributed by atoms with E-state index in [1.54, 1.807) is 42.5 Å². The first-order chi connectivity index (χ1) is 10.5. The van der Waals surface area contributed by atoms with Crippen molar-refractivity contribution in [2.45, 2.75) is 17.9 Å². The smallest absolute Gasteiger partial charge is 0.227 e. The molecule has 5 heteroatoms. The molecule has 22 heavy (non-hydrogen) atoms. The number of carbonyl (C=O) groups is 1. The highest BCUT2D eigenvalue weighted by atomic mass is 32.2. The maximum Gasteiger partial charge on any atom is 0.227 e. The van der Waals surface area contributed by atoms with Crippen LogP contribution in [-0.4, -0.2) is 28.3 Å². The van der Waals surface area contributed by atoms with Gasteiger partial charge < -0.3 is 4.90 Å². The first kappa shape index (κ1) is 16.4. The van der Waals surface area contributed by atoms with E-state index in [0.717, 1.165) is 16.0 Å². The van der Waals surface area contributed by atoms with E-state index in [4.69, 9.17) is 0 Å². The van der Waals surface area contributed by atoms with Crippen LogP contribution in [0.3, 0.4) is 0 Å². The van der Waals surface area contributed by atoms with E-state index in [2.05, 4.69) is 0 Å². The van der Waals surface area contributed by atoms with Crippen molar-refractivity contribution in [2.75, 3.05) is 13.3 Å². The Hall–Kier alpha value is -2.01. The van der Waals surface area contributed by atoms with Crippen LogP contribution in [0.15, 0.2) is 53.4 Å². The predicted octanol–water partition coefficient (Wildman–Crippen LogP) is 2.76.